The molecule has 0 radical (unpaired) electrons. The maximum absolute atomic E-state index is 12.0. The van der Waals surface area contributed by atoms with Crippen LogP contribution in [0.25, 0.3) is 6.08 Å². The lowest BCUT2D eigenvalue weighted by Gasteiger charge is -2.17. The van der Waals surface area contributed by atoms with Gasteiger partial charge in [0.05, 0.1) is 0 Å². The standard InChI is InChI=1S/C14H17BrN2O/c15-13-5-2-1-4-12(13)6-7-14(18)17-10-3-8-16-9-11-17/h1-2,4-7,16H,3,8-11H2/b7-6+. The van der Waals surface area contributed by atoms with Crippen LogP contribution in [-0.4, -0.2) is 37.0 Å². The maximum atomic E-state index is 12.0. The predicted molar refractivity (Wildman–Crippen MR) is 77.2 cm³/mol. The first kappa shape index (κ1) is 13.3. The fourth-order valence-corrected chi connectivity index (χ4v) is 2.36. The summed E-state index contributed by atoms with van der Waals surface area (Å²) in [4.78, 5) is 13.9. The van der Waals surface area contributed by atoms with E-state index in [0.717, 1.165) is 42.6 Å². The molecule has 18 heavy (non-hydrogen) atoms. The van der Waals surface area contributed by atoms with Gasteiger partial charge in [-0.2, -0.15) is 0 Å². The number of benzene rings is 1. The van der Waals surface area contributed by atoms with E-state index >= 15 is 0 Å². The topological polar surface area (TPSA) is 32.3 Å². The molecule has 4 heteroatoms. The van der Waals surface area contributed by atoms with Crippen molar-refractivity contribution < 1.29 is 4.79 Å². The molecule has 0 saturated carbocycles. The van der Waals surface area contributed by atoms with Crippen molar-refractivity contribution in [3.8, 4) is 0 Å². The number of rotatable bonds is 2. The van der Waals surface area contributed by atoms with E-state index in [1.807, 2.05) is 35.2 Å². The van der Waals surface area contributed by atoms with E-state index in [0.29, 0.717) is 0 Å². The van der Waals surface area contributed by atoms with Crippen LogP contribution in [0.5, 0.6) is 0 Å². The van der Waals surface area contributed by atoms with E-state index in [1.165, 1.54) is 0 Å². The molecule has 2 rings (SSSR count). The molecule has 1 fully saturated rings. The number of nitrogens with zero attached hydrogens (tertiary/aromatic N) is 1. The Balaban J connectivity index is 2.00. The van der Waals surface area contributed by atoms with Crippen LogP contribution >= 0.6 is 15.9 Å². The molecular weight excluding hydrogens is 292 g/mol. The highest BCUT2D eigenvalue weighted by Crippen LogP contribution is 2.17. The van der Waals surface area contributed by atoms with Gasteiger partial charge in [-0.05, 0) is 30.7 Å². The zero-order valence-corrected chi connectivity index (χ0v) is 11.8. The Morgan fingerprint density at radius 2 is 2.11 bits per heavy atom. The van der Waals surface area contributed by atoms with E-state index in [1.54, 1.807) is 6.08 Å². The lowest BCUT2D eigenvalue weighted by molar-refractivity contribution is -0.125. The highest BCUT2D eigenvalue weighted by molar-refractivity contribution is 9.10. The summed E-state index contributed by atoms with van der Waals surface area (Å²) < 4.78 is 1.01. The van der Waals surface area contributed by atoms with E-state index < -0.39 is 0 Å². The Labute approximate surface area is 116 Å². The third kappa shape index (κ3) is 3.68. The van der Waals surface area contributed by atoms with Crippen LogP contribution in [0.15, 0.2) is 34.8 Å². The smallest absolute Gasteiger partial charge is 0.246 e. The Bertz CT molecular complexity index is 437. The molecule has 1 heterocycles. The highest BCUT2D eigenvalue weighted by atomic mass is 79.9. The van der Waals surface area contributed by atoms with Gasteiger partial charge in [0.1, 0.15) is 0 Å². The Hall–Kier alpha value is -1.13. The molecule has 0 aliphatic carbocycles. The Morgan fingerprint density at radius 3 is 2.94 bits per heavy atom. The van der Waals surface area contributed by atoms with Crippen molar-refractivity contribution in [2.75, 3.05) is 26.2 Å². The second-order valence-electron chi connectivity index (χ2n) is 4.28. The van der Waals surface area contributed by atoms with Gasteiger partial charge >= 0.3 is 0 Å². The first-order chi connectivity index (χ1) is 8.77. The molecule has 1 aromatic rings. The third-order valence-corrected chi connectivity index (χ3v) is 3.68. The van der Waals surface area contributed by atoms with Crippen molar-refractivity contribution in [1.29, 1.82) is 0 Å². The number of halogens is 1. The molecular formula is C14H17BrN2O. The summed E-state index contributed by atoms with van der Waals surface area (Å²) >= 11 is 3.47. The molecule has 0 unspecified atom stereocenters. The monoisotopic (exact) mass is 308 g/mol. The molecule has 1 N–H and O–H groups in total. The van der Waals surface area contributed by atoms with Gasteiger partial charge in [0.25, 0.3) is 0 Å². The van der Waals surface area contributed by atoms with Gasteiger partial charge in [-0.3, -0.25) is 4.79 Å². The molecule has 0 atom stereocenters. The van der Waals surface area contributed by atoms with Crippen molar-refractivity contribution >= 4 is 27.9 Å². The summed E-state index contributed by atoms with van der Waals surface area (Å²) in [7, 11) is 0. The lowest BCUT2D eigenvalue weighted by Crippen LogP contribution is -2.32. The van der Waals surface area contributed by atoms with Gasteiger partial charge in [0.2, 0.25) is 5.91 Å². The summed E-state index contributed by atoms with van der Waals surface area (Å²) in [5, 5.41) is 3.29. The fraction of sp³-hybridized carbons (Fsp3) is 0.357. The average Bonchev–Trinajstić information content (AvgIpc) is 2.66. The number of hydrogen-bond donors (Lipinski definition) is 1. The zero-order valence-electron chi connectivity index (χ0n) is 10.2. The minimum absolute atomic E-state index is 0.0921. The summed E-state index contributed by atoms with van der Waals surface area (Å²) in [6.07, 6.45) is 4.55. The van der Waals surface area contributed by atoms with Crippen molar-refractivity contribution in [3.63, 3.8) is 0 Å². The van der Waals surface area contributed by atoms with Crippen molar-refractivity contribution in [1.82, 2.24) is 10.2 Å². The molecule has 0 bridgehead atoms. The van der Waals surface area contributed by atoms with E-state index in [4.69, 9.17) is 0 Å². The highest BCUT2D eigenvalue weighted by Gasteiger charge is 2.12. The first-order valence-corrected chi connectivity index (χ1v) is 6.99. The van der Waals surface area contributed by atoms with Crippen LogP contribution in [0.4, 0.5) is 0 Å². The summed E-state index contributed by atoms with van der Waals surface area (Å²) in [5.41, 5.74) is 1.03. The Morgan fingerprint density at radius 1 is 1.28 bits per heavy atom. The molecule has 1 aromatic carbocycles. The molecule has 1 saturated heterocycles. The number of carbonyl (C=O) groups excluding carboxylic acids is 1. The molecule has 0 spiro atoms. The van der Waals surface area contributed by atoms with Gasteiger partial charge in [0.15, 0.2) is 0 Å². The Kier molecular flexibility index (Phi) is 4.96. The molecule has 1 aliphatic heterocycles. The normalized spacial score (nSPS) is 16.8. The molecule has 1 amide bonds. The minimum atomic E-state index is 0.0921. The molecule has 96 valence electrons. The SMILES string of the molecule is O=C(/C=C/c1ccccc1Br)N1CCCNCC1. The molecule has 1 aliphatic rings. The largest absolute Gasteiger partial charge is 0.338 e. The second kappa shape index (κ2) is 6.71. The maximum Gasteiger partial charge on any atom is 0.246 e. The molecule has 3 nitrogen and oxygen atoms in total. The quantitative estimate of drug-likeness (QED) is 0.850. The average molecular weight is 309 g/mol. The summed E-state index contributed by atoms with van der Waals surface area (Å²) in [6, 6.07) is 7.88. The van der Waals surface area contributed by atoms with Crippen molar-refractivity contribution in [2.45, 2.75) is 6.42 Å². The van der Waals surface area contributed by atoms with Crippen LogP contribution in [0, 0.1) is 0 Å². The van der Waals surface area contributed by atoms with Gasteiger partial charge in [-0.15, -0.1) is 0 Å². The lowest BCUT2D eigenvalue weighted by atomic mass is 10.2. The van der Waals surface area contributed by atoms with E-state index in [-0.39, 0.29) is 5.91 Å². The fourth-order valence-electron chi connectivity index (χ4n) is 1.94. The van der Waals surface area contributed by atoms with Gasteiger partial charge in [-0.25, -0.2) is 0 Å². The van der Waals surface area contributed by atoms with Crippen LogP contribution in [0.2, 0.25) is 0 Å². The van der Waals surface area contributed by atoms with Crippen LogP contribution in [-0.2, 0) is 4.79 Å². The third-order valence-electron chi connectivity index (χ3n) is 2.96. The summed E-state index contributed by atoms with van der Waals surface area (Å²) in [5.74, 6) is 0.0921. The van der Waals surface area contributed by atoms with Gasteiger partial charge in [0, 0.05) is 30.2 Å². The van der Waals surface area contributed by atoms with Crippen molar-refractivity contribution in [3.05, 3.63) is 40.4 Å². The summed E-state index contributed by atoms with van der Waals surface area (Å²) in [6.45, 7) is 3.51. The van der Waals surface area contributed by atoms with Gasteiger partial charge in [-0.1, -0.05) is 34.1 Å². The van der Waals surface area contributed by atoms with Crippen molar-refractivity contribution in [2.24, 2.45) is 0 Å². The second-order valence-corrected chi connectivity index (χ2v) is 5.14. The number of amides is 1. The van der Waals surface area contributed by atoms with Crippen LogP contribution in [0.3, 0.4) is 0 Å². The van der Waals surface area contributed by atoms with E-state index in [9.17, 15) is 4.79 Å². The first-order valence-electron chi connectivity index (χ1n) is 6.19. The zero-order chi connectivity index (χ0) is 12.8. The van der Waals surface area contributed by atoms with Gasteiger partial charge < -0.3 is 10.2 Å². The number of hydrogen-bond acceptors (Lipinski definition) is 2. The van der Waals surface area contributed by atoms with E-state index in [2.05, 4.69) is 21.2 Å². The van der Waals surface area contributed by atoms with Crippen LogP contribution < -0.4 is 5.32 Å². The predicted octanol–water partition coefficient (Wildman–Crippen LogP) is 2.28. The molecule has 0 aromatic heterocycles. The van der Waals surface area contributed by atoms with Crippen LogP contribution in [0.1, 0.15) is 12.0 Å². The number of carbonyl (C=O) groups is 1. The number of nitrogens with one attached hydrogen (secondary N) is 1. The minimum Gasteiger partial charge on any atom is -0.338 e.